The van der Waals surface area contributed by atoms with Gasteiger partial charge in [0.2, 0.25) is 0 Å². The van der Waals surface area contributed by atoms with E-state index in [9.17, 15) is 4.79 Å². The summed E-state index contributed by atoms with van der Waals surface area (Å²) in [5, 5.41) is 3.22. The molecule has 0 aliphatic heterocycles. The molecule has 15 heavy (non-hydrogen) atoms. The second kappa shape index (κ2) is 6.83. The molecule has 1 aliphatic carbocycles. The van der Waals surface area contributed by atoms with Crippen LogP contribution in [0.15, 0.2) is 0 Å². The predicted octanol–water partition coefficient (Wildman–Crippen LogP) is 1.97. The number of nitrogens with one attached hydrogen (secondary N) is 1. The molecule has 0 heterocycles. The highest BCUT2D eigenvalue weighted by Gasteiger charge is 2.22. The molecule has 0 aromatic heterocycles. The Morgan fingerprint density at radius 3 is 2.40 bits per heavy atom. The van der Waals surface area contributed by atoms with Gasteiger partial charge in [-0.3, -0.25) is 4.79 Å². The van der Waals surface area contributed by atoms with E-state index in [2.05, 4.69) is 5.32 Å². The second-order valence-electron chi connectivity index (χ2n) is 4.45. The fourth-order valence-corrected chi connectivity index (χ4v) is 2.38. The van der Waals surface area contributed by atoms with Gasteiger partial charge < -0.3 is 10.1 Å². The van der Waals surface area contributed by atoms with E-state index in [0.29, 0.717) is 18.9 Å². The summed E-state index contributed by atoms with van der Waals surface area (Å²) in [4.78, 5) is 11.3. The molecule has 0 saturated heterocycles. The summed E-state index contributed by atoms with van der Waals surface area (Å²) >= 11 is 0. The molecule has 1 aliphatic rings. The average Bonchev–Trinajstić information content (AvgIpc) is 2.22. The van der Waals surface area contributed by atoms with Crippen LogP contribution in [-0.2, 0) is 9.53 Å². The lowest BCUT2D eigenvalue weighted by Gasteiger charge is -2.27. The lowest BCUT2D eigenvalue weighted by Crippen LogP contribution is -2.25. The molecule has 0 radical (unpaired) electrons. The van der Waals surface area contributed by atoms with Crippen LogP contribution in [0.5, 0.6) is 0 Å². The molecule has 0 unspecified atom stereocenters. The van der Waals surface area contributed by atoms with Crippen LogP contribution in [0.2, 0.25) is 0 Å². The van der Waals surface area contributed by atoms with E-state index in [4.69, 9.17) is 4.74 Å². The third kappa shape index (κ3) is 4.65. The summed E-state index contributed by atoms with van der Waals surface area (Å²) in [6, 6.07) is 0. The minimum absolute atomic E-state index is 0.0189. The molecular weight excluding hydrogens is 190 g/mol. The average molecular weight is 213 g/mol. The first-order chi connectivity index (χ1) is 7.26. The van der Waals surface area contributed by atoms with Gasteiger partial charge in [-0.05, 0) is 58.0 Å². The largest absolute Gasteiger partial charge is 0.466 e. The molecule has 0 bridgehead atoms. The smallest absolute Gasteiger partial charge is 0.306 e. The van der Waals surface area contributed by atoms with Gasteiger partial charge >= 0.3 is 5.97 Å². The van der Waals surface area contributed by atoms with Gasteiger partial charge in [0.25, 0.3) is 0 Å². The van der Waals surface area contributed by atoms with Crippen molar-refractivity contribution >= 4 is 5.97 Å². The van der Waals surface area contributed by atoms with Gasteiger partial charge in [0.1, 0.15) is 0 Å². The Bertz CT molecular complexity index is 186. The number of hydrogen-bond acceptors (Lipinski definition) is 3. The normalized spacial score (nSPS) is 26.3. The van der Waals surface area contributed by atoms with Gasteiger partial charge in [-0.25, -0.2) is 0 Å². The zero-order chi connectivity index (χ0) is 11.1. The topological polar surface area (TPSA) is 38.3 Å². The summed E-state index contributed by atoms with van der Waals surface area (Å²) in [6.07, 6.45) is 5.51. The Kier molecular flexibility index (Phi) is 5.69. The van der Waals surface area contributed by atoms with Gasteiger partial charge in [-0.15, -0.1) is 0 Å². The Hall–Kier alpha value is -0.570. The number of rotatable bonds is 5. The van der Waals surface area contributed by atoms with E-state index in [1.165, 1.54) is 25.7 Å². The molecule has 1 N–H and O–H groups in total. The maximum atomic E-state index is 11.3. The number of esters is 1. The molecule has 1 rings (SSSR count). The second-order valence-corrected chi connectivity index (χ2v) is 4.45. The molecule has 0 spiro atoms. The standard InChI is InChI=1S/C12H23NO2/c1-3-15-12(14)8-10-4-6-11(7-5-10)9-13-2/h10-11,13H,3-9H2,1-2H3/t10-,11-. The van der Waals surface area contributed by atoms with Crippen molar-refractivity contribution in [3.05, 3.63) is 0 Å². The molecule has 88 valence electrons. The van der Waals surface area contributed by atoms with E-state index >= 15 is 0 Å². The van der Waals surface area contributed by atoms with Gasteiger partial charge in [0.05, 0.1) is 6.61 Å². The lowest BCUT2D eigenvalue weighted by atomic mass is 9.80. The molecular formula is C12H23NO2. The Labute approximate surface area is 92.6 Å². The minimum Gasteiger partial charge on any atom is -0.466 e. The molecule has 0 atom stereocenters. The summed E-state index contributed by atoms with van der Waals surface area (Å²) < 4.78 is 4.97. The number of hydrogen-bond donors (Lipinski definition) is 1. The van der Waals surface area contributed by atoms with Crippen LogP contribution in [0.3, 0.4) is 0 Å². The van der Waals surface area contributed by atoms with Gasteiger partial charge in [0.15, 0.2) is 0 Å². The van der Waals surface area contributed by atoms with Crippen LogP contribution in [0, 0.1) is 11.8 Å². The SMILES string of the molecule is CCOC(=O)C[C@H]1CC[C@H](CNC)CC1. The predicted molar refractivity (Wildman–Crippen MR) is 60.6 cm³/mol. The molecule has 3 heteroatoms. The van der Waals surface area contributed by atoms with Crippen LogP contribution in [0.1, 0.15) is 39.0 Å². The zero-order valence-electron chi connectivity index (χ0n) is 9.92. The molecule has 0 aromatic rings. The van der Waals surface area contributed by atoms with E-state index in [0.717, 1.165) is 12.5 Å². The van der Waals surface area contributed by atoms with Crippen LogP contribution in [-0.4, -0.2) is 26.2 Å². The molecule has 1 fully saturated rings. The van der Waals surface area contributed by atoms with Crippen LogP contribution < -0.4 is 5.32 Å². The highest BCUT2D eigenvalue weighted by Crippen LogP contribution is 2.30. The maximum Gasteiger partial charge on any atom is 0.306 e. The van der Waals surface area contributed by atoms with Crippen molar-refractivity contribution in [1.82, 2.24) is 5.32 Å². The molecule has 1 saturated carbocycles. The third-order valence-corrected chi connectivity index (χ3v) is 3.22. The molecule has 0 aromatic carbocycles. The van der Waals surface area contributed by atoms with Gasteiger partial charge in [0, 0.05) is 6.42 Å². The fourth-order valence-electron chi connectivity index (χ4n) is 2.38. The first-order valence-corrected chi connectivity index (χ1v) is 6.06. The Balaban J connectivity index is 2.16. The van der Waals surface area contributed by atoms with Gasteiger partial charge in [-0.2, -0.15) is 0 Å². The van der Waals surface area contributed by atoms with E-state index in [1.54, 1.807) is 0 Å². The Morgan fingerprint density at radius 2 is 1.87 bits per heavy atom. The highest BCUT2D eigenvalue weighted by atomic mass is 16.5. The van der Waals surface area contributed by atoms with Crippen LogP contribution in [0.4, 0.5) is 0 Å². The molecule has 0 amide bonds. The number of carbonyl (C=O) groups excluding carboxylic acids is 1. The fraction of sp³-hybridized carbons (Fsp3) is 0.917. The van der Waals surface area contributed by atoms with Gasteiger partial charge in [-0.1, -0.05) is 0 Å². The summed E-state index contributed by atoms with van der Waals surface area (Å²) in [6.45, 7) is 3.49. The van der Waals surface area contributed by atoms with E-state index < -0.39 is 0 Å². The van der Waals surface area contributed by atoms with E-state index in [-0.39, 0.29) is 5.97 Å². The zero-order valence-corrected chi connectivity index (χ0v) is 9.92. The van der Waals surface area contributed by atoms with Crippen molar-refractivity contribution < 1.29 is 9.53 Å². The van der Waals surface area contributed by atoms with Crippen molar-refractivity contribution in [2.24, 2.45) is 11.8 Å². The first-order valence-electron chi connectivity index (χ1n) is 6.06. The van der Waals surface area contributed by atoms with Crippen molar-refractivity contribution in [3.8, 4) is 0 Å². The van der Waals surface area contributed by atoms with Crippen molar-refractivity contribution in [2.45, 2.75) is 39.0 Å². The number of ether oxygens (including phenoxy) is 1. The maximum absolute atomic E-state index is 11.3. The van der Waals surface area contributed by atoms with Crippen LogP contribution in [0.25, 0.3) is 0 Å². The summed E-state index contributed by atoms with van der Waals surface area (Å²) in [5.41, 5.74) is 0. The quantitative estimate of drug-likeness (QED) is 0.710. The van der Waals surface area contributed by atoms with Crippen LogP contribution >= 0.6 is 0 Å². The summed E-state index contributed by atoms with van der Waals surface area (Å²) in [7, 11) is 2.00. The van der Waals surface area contributed by atoms with Crippen molar-refractivity contribution in [2.75, 3.05) is 20.2 Å². The highest BCUT2D eigenvalue weighted by molar-refractivity contribution is 5.69. The van der Waals surface area contributed by atoms with E-state index in [1.807, 2.05) is 14.0 Å². The first kappa shape index (κ1) is 12.5. The molecule has 3 nitrogen and oxygen atoms in total. The van der Waals surface area contributed by atoms with Crippen molar-refractivity contribution in [1.29, 1.82) is 0 Å². The lowest BCUT2D eigenvalue weighted by molar-refractivity contribution is -0.144. The summed E-state index contributed by atoms with van der Waals surface area (Å²) in [5.74, 6) is 1.36. The van der Waals surface area contributed by atoms with Crippen molar-refractivity contribution in [3.63, 3.8) is 0 Å². The minimum atomic E-state index is -0.0189. The third-order valence-electron chi connectivity index (χ3n) is 3.22. The number of carbonyl (C=O) groups is 1. The Morgan fingerprint density at radius 1 is 1.27 bits per heavy atom. The monoisotopic (exact) mass is 213 g/mol.